The summed E-state index contributed by atoms with van der Waals surface area (Å²) in [5, 5.41) is 0. The summed E-state index contributed by atoms with van der Waals surface area (Å²) in [5.74, 6) is -0.262. The number of hydrogen-bond donors (Lipinski definition) is 0. The normalized spacial score (nSPS) is 9.44. The molecule has 0 aliphatic heterocycles. The number of pyridine rings is 2. The van der Waals surface area contributed by atoms with Crippen LogP contribution in [0.4, 0.5) is 0 Å². The molecule has 4 aromatic rings. The zero-order valence-corrected chi connectivity index (χ0v) is 38.7. The topological polar surface area (TPSA) is 274 Å². The molecule has 358 valence electrons. The molecule has 0 spiro atoms. The maximum atomic E-state index is 12.3. The van der Waals surface area contributed by atoms with Crippen LogP contribution in [0, 0.1) is 20.8 Å². The van der Waals surface area contributed by atoms with Gasteiger partial charge in [-0.25, -0.2) is 9.59 Å². The Morgan fingerprint density at radius 1 is 0.667 bits per heavy atom. The number of ether oxygens (including phenoxy) is 5. The lowest BCUT2D eigenvalue weighted by atomic mass is 10.1. The predicted octanol–water partition coefficient (Wildman–Crippen LogP) is 3.95. The van der Waals surface area contributed by atoms with Gasteiger partial charge in [0.15, 0.2) is 17.1 Å². The Morgan fingerprint density at radius 2 is 1.11 bits per heavy atom. The average molecular weight is 925 g/mol. The second-order valence-electron chi connectivity index (χ2n) is 12.8. The van der Waals surface area contributed by atoms with E-state index in [1.54, 1.807) is 53.4 Å². The summed E-state index contributed by atoms with van der Waals surface area (Å²) in [5.41, 5.74) is 3.63. The van der Waals surface area contributed by atoms with E-state index in [0.29, 0.717) is 54.9 Å². The van der Waals surface area contributed by atoms with Crippen LogP contribution < -0.4 is 21.0 Å². The number of carbonyl (C=O) groups is 3. The fourth-order valence-electron chi connectivity index (χ4n) is 5.90. The van der Waals surface area contributed by atoms with Crippen molar-refractivity contribution in [2.75, 3.05) is 27.4 Å². The van der Waals surface area contributed by atoms with Gasteiger partial charge in [0.05, 0.1) is 26.3 Å². The minimum absolute atomic E-state index is 0.0200. The molecule has 4 rings (SSSR count). The third-order valence-corrected chi connectivity index (χ3v) is 8.95. The molecule has 66 heavy (non-hydrogen) atoms. The van der Waals surface area contributed by atoms with Crippen LogP contribution in [-0.4, -0.2) is 79.5 Å². The summed E-state index contributed by atoms with van der Waals surface area (Å²) in [4.78, 5) is 119. The van der Waals surface area contributed by atoms with Crippen LogP contribution in [-0.2, 0) is 91.5 Å². The number of nitrogens with zero attached hydrogens (tertiary/aromatic N) is 2. The summed E-state index contributed by atoms with van der Waals surface area (Å²) in [7, 11) is 3.09. The molecule has 20 heteroatoms. The van der Waals surface area contributed by atoms with Gasteiger partial charge in [-0.05, 0) is 53.0 Å². The lowest BCUT2D eigenvalue weighted by molar-refractivity contribution is -0.193. The quantitative estimate of drug-likeness (QED) is 0.0874. The van der Waals surface area contributed by atoms with E-state index in [1.807, 2.05) is 55.7 Å². The van der Waals surface area contributed by atoms with Crippen LogP contribution in [0.3, 0.4) is 0 Å². The molecule has 0 saturated carbocycles. The summed E-state index contributed by atoms with van der Waals surface area (Å²) in [6, 6.07) is 9.72. The van der Waals surface area contributed by atoms with Gasteiger partial charge in [-0.2, -0.15) is 28.8 Å². The monoisotopic (exact) mass is 924 g/mol. The molecule has 0 saturated heterocycles. The van der Waals surface area contributed by atoms with Crippen molar-refractivity contribution in [2.24, 2.45) is 0 Å². The average Bonchev–Trinajstić information content (AvgIpc) is 3.30. The molecule has 1 aromatic carbocycles. The highest BCUT2D eigenvalue weighted by Gasteiger charge is 2.20. The summed E-state index contributed by atoms with van der Waals surface area (Å²) in [6.45, 7) is 15.6. The van der Waals surface area contributed by atoms with E-state index >= 15 is 0 Å². The largest absolute Gasteiger partial charge is 0.482 e. The van der Waals surface area contributed by atoms with Crippen molar-refractivity contribution in [3.05, 3.63) is 130 Å². The highest BCUT2D eigenvalue weighted by molar-refractivity contribution is 5.89. The molecule has 3 heterocycles. The second-order valence-corrected chi connectivity index (χ2v) is 12.8. The van der Waals surface area contributed by atoms with Gasteiger partial charge < -0.3 is 42.0 Å². The maximum absolute atomic E-state index is 12.3. The third kappa shape index (κ3) is 19.9. The number of methoxy groups -OCH3 is 2. The molecule has 0 amide bonds. The predicted molar refractivity (Wildman–Crippen MR) is 230 cm³/mol. The van der Waals surface area contributed by atoms with Gasteiger partial charge in [-0.1, -0.05) is 51.1 Å². The fraction of sp³-hybridized carbons (Fsp3) is 0.413. The lowest BCUT2D eigenvalue weighted by Gasteiger charge is -2.20. The van der Waals surface area contributed by atoms with Gasteiger partial charge in [0, 0.05) is 61.1 Å². The van der Waals surface area contributed by atoms with Gasteiger partial charge in [-0.3, -0.25) is 14.4 Å². The molecular weight excluding hydrogens is 869 g/mol. The number of esters is 2. The Kier molecular flexibility index (Phi) is 32.1. The Hall–Kier alpha value is -7.46. The first-order chi connectivity index (χ1) is 31.5. The summed E-state index contributed by atoms with van der Waals surface area (Å²) in [6.07, 6.45) is 7.36. The van der Waals surface area contributed by atoms with Crippen molar-refractivity contribution >= 4 is 36.7 Å². The van der Waals surface area contributed by atoms with E-state index in [-0.39, 0.29) is 71.4 Å². The van der Waals surface area contributed by atoms with E-state index in [1.165, 1.54) is 18.7 Å². The SMILES string of the molecule is CCOC(=O)c1cn(CC(OC)OC)c(CC)c(C)c1=O.CCOC(=O)c1cn(CC=O)c(CC)c(C)c1=O.CCc1occ(OCc2ccccc2)c(=O)c1C.O=C=O.O=C=O.O=C=O. The number of aldehydes is 1. The minimum Gasteiger partial charge on any atom is -0.482 e. The van der Waals surface area contributed by atoms with Crippen LogP contribution in [0.25, 0.3) is 0 Å². The van der Waals surface area contributed by atoms with Crippen molar-refractivity contribution in [3.63, 3.8) is 0 Å². The molecule has 0 aliphatic rings. The number of hydrogen-bond acceptors (Lipinski definition) is 18. The number of rotatable bonds is 16. The smallest absolute Gasteiger partial charge is 0.373 e. The van der Waals surface area contributed by atoms with Crippen molar-refractivity contribution in [1.29, 1.82) is 0 Å². The Morgan fingerprint density at radius 3 is 1.50 bits per heavy atom. The Balaban J connectivity index is 0. The molecule has 0 radical (unpaired) electrons. The van der Waals surface area contributed by atoms with E-state index < -0.39 is 18.2 Å². The van der Waals surface area contributed by atoms with Crippen LogP contribution in [0.1, 0.15) is 94.7 Å². The van der Waals surface area contributed by atoms with E-state index in [0.717, 1.165) is 23.2 Å². The molecule has 0 aliphatic carbocycles. The number of benzene rings is 1. The Bertz CT molecular complexity index is 2380. The van der Waals surface area contributed by atoms with Crippen LogP contribution in [0.15, 0.2) is 67.8 Å². The van der Waals surface area contributed by atoms with Crippen molar-refractivity contribution in [2.45, 2.75) is 101 Å². The molecule has 0 bridgehead atoms. The summed E-state index contributed by atoms with van der Waals surface area (Å²) >= 11 is 0. The fourth-order valence-corrected chi connectivity index (χ4v) is 5.90. The van der Waals surface area contributed by atoms with E-state index in [2.05, 4.69) is 0 Å². The maximum Gasteiger partial charge on any atom is 0.373 e. The Labute approximate surface area is 380 Å². The van der Waals surface area contributed by atoms with Crippen molar-refractivity contribution < 1.29 is 71.3 Å². The van der Waals surface area contributed by atoms with Gasteiger partial charge >= 0.3 is 30.4 Å². The number of aromatic nitrogens is 2. The summed E-state index contributed by atoms with van der Waals surface area (Å²) < 4.78 is 34.5. The van der Waals surface area contributed by atoms with Crippen molar-refractivity contribution in [1.82, 2.24) is 9.13 Å². The van der Waals surface area contributed by atoms with Crippen molar-refractivity contribution in [3.8, 4) is 5.75 Å². The molecule has 3 aromatic heterocycles. The number of aryl methyl sites for hydroxylation is 1. The standard InChI is InChI=1S/C15H23NO5.C15H16O3.C13H17NO4.3CO2/c1-6-12-10(3)14(17)11(15(18)21-7-2)8-16(12)9-13(19-4)20-5;1-3-13-11(2)15(16)14(10-18-13)17-9-12-7-5-4-6-8-12;1-4-11-9(3)12(16)10(13(17)18-5-2)8-14(11)6-7-15;3*2-1-3/h8,13H,6-7,9H2,1-5H3;4-8,10H,3,9H2,1-2H3;7-8H,4-6H2,1-3H3;;;. The van der Waals surface area contributed by atoms with Gasteiger partial charge in [0.2, 0.25) is 11.2 Å². The lowest BCUT2D eigenvalue weighted by Crippen LogP contribution is -2.29. The molecule has 0 unspecified atom stereocenters. The molecule has 0 atom stereocenters. The number of carbonyl (C=O) groups excluding carboxylic acids is 9. The second kappa shape index (κ2) is 35.0. The zero-order valence-electron chi connectivity index (χ0n) is 38.7. The van der Waals surface area contributed by atoms with Gasteiger partial charge in [0.1, 0.15) is 36.0 Å². The van der Waals surface area contributed by atoms with Gasteiger partial charge in [0.25, 0.3) is 0 Å². The van der Waals surface area contributed by atoms with E-state index in [9.17, 15) is 28.8 Å². The van der Waals surface area contributed by atoms with Crippen LogP contribution >= 0.6 is 0 Å². The minimum atomic E-state index is -0.645. The zero-order chi connectivity index (χ0) is 50.8. The highest BCUT2D eigenvalue weighted by atomic mass is 16.7. The first-order valence-electron chi connectivity index (χ1n) is 20.1. The van der Waals surface area contributed by atoms with Crippen LogP contribution in [0.2, 0.25) is 0 Å². The molecule has 20 nitrogen and oxygen atoms in total. The first-order valence-corrected chi connectivity index (χ1v) is 20.1. The molecule has 0 N–H and O–H groups in total. The van der Waals surface area contributed by atoms with Gasteiger partial charge in [-0.15, -0.1) is 0 Å². The third-order valence-electron chi connectivity index (χ3n) is 8.95. The highest BCUT2D eigenvalue weighted by Crippen LogP contribution is 2.14. The van der Waals surface area contributed by atoms with Crippen LogP contribution in [0.5, 0.6) is 5.75 Å². The van der Waals surface area contributed by atoms with E-state index in [4.69, 9.17) is 56.9 Å². The molecule has 0 fully saturated rings. The molecular formula is C46H56N2O18. The first kappa shape index (κ1) is 60.6.